The molecule has 16 nitrogen and oxygen atoms in total. The van der Waals surface area contributed by atoms with E-state index in [2.05, 4.69) is 19.6 Å². The molecule has 3 aliphatic rings. The molecule has 3 heterocycles. The molecule has 0 saturated carbocycles. The second-order valence-corrected chi connectivity index (χ2v) is 17.1. The molecule has 0 bridgehead atoms. The van der Waals surface area contributed by atoms with Crippen molar-refractivity contribution in [3.63, 3.8) is 0 Å². The largest absolute Gasteiger partial charge is 0.394 e. The van der Waals surface area contributed by atoms with E-state index < -0.39 is 120 Å². The van der Waals surface area contributed by atoms with E-state index in [9.17, 15) is 51.1 Å². The smallest absolute Gasteiger partial charge is 0.187 e. The number of aliphatic hydroxyl groups excluding tert-OH is 10. The summed E-state index contributed by atoms with van der Waals surface area (Å²) in [5.74, 6) is 0. The van der Waals surface area contributed by atoms with Gasteiger partial charge in [0.05, 0.1) is 19.8 Å². The van der Waals surface area contributed by atoms with Gasteiger partial charge in [-0.1, -0.05) is 19.6 Å². The quantitative estimate of drug-likeness (QED) is 0.0988. The van der Waals surface area contributed by atoms with Gasteiger partial charge >= 0.3 is 0 Å². The maximum absolute atomic E-state index is 11.0. The summed E-state index contributed by atoms with van der Waals surface area (Å²) in [6.45, 7) is 4.43. The van der Waals surface area contributed by atoms with Crippen molar-refractivity contribution in [2.75, 3.05) is 26.4 Å². The number of aliphatic hydroxyl groups is 10. The number of hydrogen-bond donors (Lipinski definition) is 10. The van der Waals surface area contributed by atoms with Gasteiger partial charge in [-0.3, -0.25) is 0 Å². The van der Waals surface area contributed by atoms with Crippen molar-refractivity contribution in [1.82, 2.24) is 0 Å². The zero-order valence-electron chi connectivity index (χ0n) is 22.6. The summed E-state index contributed by atoms with van der Waals surface area (Å²) in [6, 6.07) is 0.752. The van der Waals surface area contributed by atoms with Crippen LogP contribution in [0.3, 0.4) is 0 Å². The van der Waals surface area contributed by atoms with Crippen LogP contribution in [0.1, 0.15) is 0 Å². The fourth-order valence-electron chi connectivity index (χ4n) is 4.66. The molecule has 0 aromatic heterocycles. The zero-order valence-corrected chi connectivity index (χ0v) is 23.6. The van der Waals surface area contributed by atoms with E-state index in [0.717, 1.165) is 6.04 Å². The normalized spacial score (nSPS) is 46.9. The van der Waals surface area contributed by atoms with Crippen molar-refractivity contribution < 1.29 is 79.5 Å². The van der Waals surface area contributed by atoms with Crippen LogP contribution in [0, 0.1) is 0 Å². The van der Waals surface area contributed by atoms with Crippen molar-refractivity contribution in [1.29, 1.82) is 0 Å². The van der Waals surface area contributed by atoms with Crippen molar-refractivity contribution in [2.24, 2.45) is 0 Å². The fourth-order valence-corrected chi connectivity index (χ4v) is 5.39. The van der Waals surface area contributed by atoms with E-state index in [1.165, 1.54) is 0 Å². The minimum absolute atomic E-state index is 0.255. The van der Waals surface area contributed by atoms with Crippen LogP contribution in [-0.2, 0) is 28.4 Å². The van der Waals surface area contributed by atoms with Crippen molar-refractivity contribution in [3.05, 3.63) is 0 Å². The highest BCUT2D eigenvalue weighted by molar-refractivity contribution is 6.76. The average Bonchev–Trinajstić information content (AvgIpc) is 2.90. The molecule has 3 rings (SSSR count). The topological polar surface area (TPSA) is 258 Å². The standard InChI is InChI=1S/C23H44O16Si/c1-40(2,3)5-4-34-21-17(32)15(30)19(11(8-26)37-21)38-23-18(33)20(13(28)10(7-25)36-23)39-22-16(31)14(29)12(27)9(6-24)35-22/h9-33H,4-8H2,1-3H3/t9-,10-,11-,12+,13+,14+,15-,16-,17-,18-,19+,20+,21?,22?,23?/m1/s1. The Kier molecular flexibility index (Phi) is 12.2. The second-order valence-electron chi connectivity index (χ2n) is 11.5. The Morgan fingerprint density at radius 3 is 1.55 bits per heavy atom. The van der Waals surface area contributed by atoms with Crippen LogP contribution in [-0.4, -0.2) is 178 Å². The summed E-state index contributed by atoms with van der Waals surface area (Å²) in [6.07, 6.45) is -24.1. The fraction of sp³-hybridized carbons (Fsp3) is 1.00. The molecular weight excluding hydrogens is 560 g/mol. The molecule has 0 amide bonds. The molecule has 15 atom stereocenters. The van der Waals surface area contributed by atoms with Crippen LogP contribution in [0.5, 0.6) is 0 Å². The lowest BCUT2D eigenvalue weighted by Crippen LogP contribution is -2.66. The summed E-state index contributed by atoms with van der Waals surface area (Å²) >= 11 is 0. The highest BCUT2D eigenvalue weighted by atomic mass is 28.3. The van der Waals surface area contributed by atoms with E-state index in [1.807, 2.05) is 0 Å². The molecule has 40 heavy (non-hydrogen) atoms. The summed E-state index contributed by atoms with van der Waals surface area (Å²) in [4.78, 5) is 0. The Morgan fingerprint density at radius 1 is 0.525 bits per heavy atom. The highest BCUT2D eigenvalue weighted by Crippen LogP contribution is 2.32. The molecule has 3 fully saturated rings. The monoisotopic (exact) mass is 604 g/mol. The SMILES string of the molecule is C[Si](C)(C)CCOC1O[C@H](CO)[C@H](OC2O[C@H](CO)[C@H](O)[C@H](OC3O[C@H](CO)[C@H](O)[C@H](O)[C@H]3O)[C@H]2O)[C@H](O)[C@H]1O. The number of ether oxygens (including phenoxy) is 6. The molecule has 0 aromatic carbocycles. The van der Waals surface area contributed by atoms with Crippen LogP contribution >= 0.6 is 0 Å². The lowest BCUT2D eigenvalue weighted by atomic mass is 9.96. The molecule has 0 aromatic rings. The van der Waals surface area contributed by atoms with E-state index in [0.29, 0.717) is 0 Å². The van der Waals surface area contributed by atoms with Crippen LogP contribution in [0.2, 0.25) is 25.7 Å². The molecule has 10 N–H and O–H groups in total. The first-order valence-corrected chi connectivity index (χ1v) is 16.9. The van der Waals surface area contributed by atoms with Crippen molar-refractivity contribution >= 4 is 8.07 Å². The van der Waals surface area contributed by atoms with Gasteiger partial charge in [0.25, 0.3) is 0 Å². The summed E-state index contributed by atoms with van der Waals surface area (Å²) in [7, 11) is -1.47. The summed E-state index contributed by atoms with van der Waals surface area (Å²) < 4.78 is 33.2. The molecule has 0 radical (unpaired) electrons. The summed E-state index contributed by atoms with van der Waals surface area (Å²) in [5.41, 5.74) is 0. The van der Waals surface area contributed by atoms with Crippen molar-refractivity contribution in [2.45, 2.75) is 118 Å². The Morgan fingerprint density at radius 2 is 1.00 bits per heavy atom. The molecule has 236 valence electrons. The van der Waals surface area contributed by atoms with Crippen LogP contribution < -0.4 is 0 Å². The number of rotatable bonds is 11. The molecular formula is C23H44O16Si. The van der Waals surface area contributed by atoms with Gasteiger partial charge in [0.2, 0.25) is 0 Å². The third-order valence-electron chi connectivity index (χ3n) is 7.21. The van der Waals surface area contributed by atoms with Crippen LogP contribution in [0.25, 0.3) is 0 Å². The first kappa shape index (κ1) is 34.1. The molecule has 3 aliphatic heterocycles. The van der Waals surface area contributed by atoms with E-state index in [-0.39, 0.29) is 6.61 Å². The minimum atomic E-state index is -1.88. The van der Waals surface area contributed by atoms with Gasteiger partial charge in [0, 0.05) is 14.7 Å². The van der Waals surface area contributed by atoms with Gasteiger partial charge in [-0.2, -0.15) is 0 Å². The Labute approximate surface area is 232 Å². The van der Waals surface area contributed by atoms with E-state index >= 15 is 0 Å². The van der Waals surface area contributed by atoms with Gasteiger partial charge in [-0.25, -0.2) is 0 Å². The Bertz CT molecular complexity index is 770. The molecule has 0 spiro atoms. The van der Waals surface area contributed by atoms with E-state index in [1.54, 1.807) is 0 Å². The van der Waals surface area contributed by atoms with Gasteiger partial charge in [0.1, 0.15) is 73.2 Å². The van der Waals surface area contributed by atoms with E-state index in [4.69, 9.17) is 28.4 Å². The predicted molar refractivity (Wildman–Crippen MR) is 133 cm³/mol. The zero-order chi connectivity index (χ0) is 29.9. The Balaban J connectivity index is 1.72. The maximum Gasteiger partial charge on any atom is 0.187 e. The highest BCUT2D eigenvalue weighted by Gasteiger charge is 2.53. The third kappa shape index (κ3) is 7.74. The second kappa shape index (κ2) is 14.4. The lowest BCUT2D eigenvalue weighted by Gasteiger charge is -2.48. The van der Waals surface area contributed by atoms with Crippen LogP contribution in [0.15, 0.2) is 0 Å². The molecule has 17 heteroatoms. The molecule has 3 unspecified atom stereocenters. The van der Waals surface area contributed by atoms with Crippen molar-refractivity contribution in [3.8, 4) is 0 Å². The van der Waals surface area contributed by atoms with Gasteiger partial charge in [-0.05, 0) is 6.04 Å². The number of hydrogen-bond acceptors (Lipinski definition) is 16. The molecule has 3 saturated heterocycles. The molecule has 0 aliphatic carbocycles. The van der Waals surface area contributed by atoms with Crippen LogP contribution in [0.4, 0.5) is 0 Å². The maximum atomic E-state index is 11.0. The first-order valence-electron chi connectivity index (χ1n) is 13.2. The Hall–Kier alpha value is -0.423. The predicted octanol–water partition coefficient (Wildman–Crippen LogP) is -5.21. The minimum Gasteiger partial charge on any atom is -0.394 e. The van der Waals surface area contributed by atoms with Gasteiger partial charge in [0.15, 0.2) is 18.9 Å². The summed E-state index contributed by atoms with van der Waals surface area (Å²) in [5, 5.41) is 102. The lowest BCUT2D eigenvalue weighted by molar-refractivity contribution is -0.380. The van der Waals surface area contributed by atoms with Gasteiger partial charge < -0.3 is 79.5 Å². The first-order chi connectivity index (χ1) is 18.7. The third-order valence-corrected chi connectivity index (χ3v) is 8.91. The average molecular weight is 605 g/mol. The van der Waals surface area contributed by atoms with Gasteiger partial charge in [-0.15, -0.1) is 0 Å².